The van der Waals surface area contributed by atoms with Crippen LogP contribution in [0, 0.1) is 0 Å². The molecule has 1 rings (SSSR count). The van der Waals surface area contributed by atoms with E-state index in [1.165, 1.54) is 11.8 Å². The second-order valence-corrected chi connectivity index (χ2v) is 3.82. The Hall–Kier alpha value is -0.510. The molecule has 0 amide bonds. The molecule has 0 aromatic heterocycles. The fourth-order valence-electron chi connectivity index (χ4n) is 0.865. The van der Waals surface area contributed by atoms with Crippen molar-refractivity contribution in [2.45, 2.75) is 23.8 Å². The standard InChI is InChI=1S/C6H8O3S/c1-3-4(7)2-5(10-3)6(8)9/h3,5H,2H2,1H3,(H,8,9)/t3-,5-/m0/s1. The van der Waals surface area contributed by atoms with Crippen molar-refractivity contribution in [2.75, 3.05) is 0 Å². The SMILES string of the molecule is C[C@@H]1S[C@H](C(=O)O)CC1=O. The molecule has 1 fully saturated rings. The molecule has 0 bridgehead atoms. The van der Waals surface area contributed by atoms with Gasteiger partial charge in [-0.1, -0.05) is 0 Å². The summed E-state index contributed by atoms with van der Waals surface area (Å²) in [6, 6.07) is 0. The van der Waals surface area contributed by atoms with E-state index in [0.717, 1.165) is 0 Å². The average Bonchev–Trinajstić information content (AvgIpc) is 2.13. The van der Waals surface area contributed by atoms with Crippen molar-refractivity contribution in [3.8, 4) is 0 Å². The third kappa shape index (κ3) is 1.31. The summed E-state index contributed by atoms with van der Waals surface area (Å²) in [6.45, 7) is 1.75. The topological polar surface area (TPSA) is 54.4 Å². The van der Waals surface area contributed by atoms with E-state index in [1.54, 1.807) is 6.92 Å². The highest BCUT2D eigenvalue weighted by atomic mass is 32.2. The van der Waals surface area contributed by atoms with E-state index in [9.17, 15) is 9.59 Å². The molecule has 3 nitrogen and oxygen atoms in total. The van der Waals surface area contributed by atoms with Crippen LogP contribution in [0.2, 0.25) is 0 Å². The Labute approximate surface area is 62.8 Å². The second-order valence-electron chi connectivity index (χ2n) is 2.28. The summed E-state index contributed by atoms with van der Waals surface area (Å²) >= 11 is 1.23. The zero-order chi connectivity index (χ0) is 7.72. The molecule has 1 heterocycles. The van der Waals surface area contributed by atoms with E-state index in [2.05, 4.69) is 0 Å². The predicted molar refractivity (Wildman–Crippen MR) is 38.1 cm³/mol. The number of carboxylic acids is 1. The minimum absolute atomic E-state index is 0.0531. The first-order valence-corrected chi connectivity index (χ1v) is 3.96. The van der Waals surface area contributed by atoms with E-state index in [-0.39, 0.29) is 17.5 Å². The summed E-state index contributed by atoms with van der Waals surface area (Å²) in [5.74, 6) is -0.819. The van der Waals surface area contributed by atoms with Crippen LogP contribution >= 0.6 is 11.8 Å². The molecular formula is C6H8O3S. The summed E-state index contributed by atoms with van der Waals surface area (Å²) < 4.78 is 0. The Morgan fingerprint density at radius 3 is 2.60 bits per heavy atom. The maximum Gasteiger partial charge on any atom is 0.317 e. The predicted octanol–water partition coefficient (Wildman–Crippen LogP) is 0.534. The van der Waals surface area contributed by atoms with Crippen molar-refractivity contribution in [3.05, 3.63) is 0 Å². The Kier molecular flexibility index (Phi) is 1.99. The van der Waals surface area contributed by atoms with Gasteiger partial charge in [0.2, 0.25) is 0 Å². The van der Waals surface area contributed by atoms with Crippen LogP contribution in [0.25, 0.3) is 0 Å². The number of hydrogen-bond donors (Lipinski definition) is 1. The number of Topliss-reactive ketones (excluding diaryl/α,β-unsaturated/α-hetero) is 1. The fourth-order valence-corrected chi connectivity index (χ4v) is 1.98. The number of carbonyl (C=O) groups excluding carboxylic acids is 1. The first kappa shape index (κ1) is 7.60. The molecule has 10 heavy (non-hydrogen) atoms. The van der Waals surface area contributed by atoms with Crippen LogP contribution in [0.1, 0.15) is 13.3 Å². The van der Waals surface area contributed by atoms with Gasteiger partial charge in [-0.2, -0.15) is 0 Å². The second kappa shape index (κ2) is 2.62. The third-order valence-corrected chi connectivity index (χ3v) is 2.85. The van der Waals surface area contributed by atoms with Gasteiger partial charge in [0.1, 0.15) is 11.0 Å². The van der Waals surface area contributed by atoms with Crippen LogP contribution in [0.4, 0.5) is 0 Å². The highest BCUT2D eigenvalue weighted by Crippen LogP contribution is 2.30. The number of aliphatic carboxylic acids is 1. The van der Waals surface area contributed by atoms with E-state index in [0.29, 0.717) is 0 Å². The van der Waals surface area contributed by atoms with Gasteiger partial charge in [-0.15, -0.1) is 11.8 Å². The third-order valence-electron chi connectivity index (χ3n) is 1.48. The summed E-state index contributed by atoms with van der Waals surface area (Å²) in [6.07, 6.45) is 0.196. The van der Waals surface area contributed by atoms with Crippen LogP contribution in [0.3, 0.4) is 0 Å². The number of ketones is 1. The van der Waals surface area contributed by atoms with Crippen molar-refractivity contribution < 1.29 is 14.7 Å². The Morgan fingerprint density at radius 2 is 2.40 bits per heavy atom. The van der Waals surface area contributed by atoms with Gasteiger partial charge in [0.15, 0.2) is 0 Å². The van der Waals surface area contributed by atoms with Gasteiger partial charge >= 0.3 is 5.97 Å². The van der Waals surface area contributed by atoms with Crippen LogP contribution in [-0.2, 0) is 9.59 Å². The normalized spacial score (nSPS) is 32.7. The van der Waals surface area contributed by atoms with Crippen LogP contribution in [0.15, 0.2) is 0 Å². The van der Waals surface area contributed by atoms with Crippen molar-refractivity contribution in [1.82, 2.24) is 0 Å². The lowest BCUT2D eigenvalue weighted by atomic mass is 10.2. The summed E-state index contributed by atoms with van der Waals surface area (Å²) in [4.78, 5) is 21.1. The van der Waals surface area contributed by atoms with Crippen molar-refractivity contribution in [1.29, 1.82) is 0 Å². The highest BCUT2D eigenvalue weighted by Gasteiger charge is 2.34. The molecule has 2 atom stereocenters. The molecule has 0 spiro atoms. The molecule has 1 aliphatic heterocycles. The summed E-state index contributed by atoms with van der Waals surface area (Å²) in [7, 11) is 0. The van der Waals surface area contributed by atoms with Crippen LogP contribution < -0.4 is 0 Å². The van der Waals surface area contributed by atoms with E-state index in [4.69, 9.17) is 5.11 Å². The number of hydrogen-bond acceptors (Lipinski definition) is 3. The molecule has 1 aliphatic rings. The highest BCUT2D eigenvalue weighted by molar-refractivity contribution is 8.02. The molecule has 0 aliphatic carbocycles. The van der Waals surface area contributed by atoms with Crippen molar-refractivity contribution in [2.24, 2.45) is 0 Å². The Morgan fingerprint density at radius 1 is 1.80 bits per heavy atom. The van der Waals surface area contributed by atoms with Crippen molar-refractivity contribution in [3.63, 3.8) is 0 Å². The van der Waals surface area contributed by atoms with Gasteiger partial charge in [0.05, 0.1) is 5.25 Å². The molecule has 0 saturated carbocycles. The maximum atomic E-state index is 10.8. The minimum Gasteiger partial charge on any atom is -0.480 e. The quantitative estimate of drug-likeness (QED) is 0.608. The number of thioether (sulfide) groups is 1. The lowest BCUT2D eigenvalue weighted by Gasteiger charge is -1.98. The van der Waals surface area contributed by atoms with Crippen LogP contribution in [0.5, 0.6) is 0 Å². The smallest absolute Gasteiger partial charge is 0.317 e. The zero-order valence-corrected chi connectivity index (χ0v) is 6.35. The zero-order valence-electron chi connectivity index (χ0n) is 5.53. The van der Waals surface area contributed by atoms with Gasteiger partial charge in [-0.25, -0.2) is 0 Å². The number of rotatable bonds is 1. The number of carbonyl (C=O) groups is 2. The largest absolute Gasteiger partial charge is 0.480 e. The molecule has 1 N–H and O–H groups in total. The van der Waals surface area contributed by atoms with E-state index >= 15 is 0 Å². The molecule has 0 unspecified atom stereocenters. The summed E-state index contributed by atoms with van der Waals surface area (Å²) in [5.41, 5.74) is 0. The Bertz CT molecular complexity index is 178. The Balaban J connectivity index is 2.57. The number of carboxylic acid groups (broad SMARTS) is 1. The van der Waals surface area contributed by atoms with Gasteiger partial charge in [0, 0.05) is 6.42 Å². The first-order valence-electron chi connectivity index (χ1n) is 3.02. The van der Waals surface area contributed by atoms with Gasteiger partial charge < -0.3 is 5.11 Å². The average molecular weight is 160 g/mol. The minimum atomic E-state index is -0.872. The molecular weight excluding hydrogens is 152 g/mol. The van der Waals surface area contributed by atoms with Gasteiger partial charge in [-0.3, -0.25) is 9.59 Å². The lowest BCUT2D eigenvalue weighted by Crippen LogP contribution is -2.13. The molecule has 1 saturated heterocycles. The van der Waals surface area contributed by atoms with Crippen molar-refractivity contribution >= 4 is 23.5 Å². The van der Waals surface area contributed by atoms with Crippen LogP contribution in [-0.4, -0.2) is 27.4 Å². The fraction of sp³-hybridized carbons (Fsp3) is 0.667. The van der Waals surface area contributed by atoms with E-state index in [1.807, 2.05) is 0 Å². The molecule has 0 aromatic rings. The summed E-state index contributed by atoms with van der Waals surface area (Å²) in [5, 5.41) is 7.85. The molecule has 0 radical (unpaired) electrons. The molecule has 4 heteroatoms. The van der Waals surface area contributed by atoms with Gasteiger partial charge in [0.25, 0.3) is 0 Å². The maximum absolute atomic E-state index is 10.8. The molecule has 0 aromatic carbocycles. The first-order chi connectivity index (χ1) is 4.61. The lowest BCUT2D eigenvalue weighted by molar-refractivity contribution is -0.137. The van der Waals surface area contributed by atoms with E-state index < -0.39 is 11.2 Å². The monoisotopic (exact) mass is 160 g/mol. The van der Waals surface area contributed by atoms with Gasteiger partial charge in [-0.05, 0) is 6.92 Å². The molecule has 56 valence electrons.